The predicted molar refractivity (Wildman–Crippen MR) is 100 cm³/mol. The highest BCUT2D eigenvalue weighted by Gasteiger charge is 2.16. The van der Waals surface area contributed by atoms with Gasteiger partial charge in [0.25, 0.3) is 5.89 Å². The molecule has 0 bridgehead atoms. The first kappa shape index (κ1) is 17.8. The summed E-state index contributed by atoms with van der Waals surface area (Å²) in [5, 5.41) is 13.2. The van der Waals surface area contributed by atoms with Crippen molar-refractivity contribution in [2.24, 2.45) is 0 Å². The van der Waals surface area contributed by atoms with Crippen LogP contribution in [0.2, 0.25) is 0 Å². The van der Waals surface area contributed by atoms with E-state index in [4.69, 9.17) is 9.63 Å². The van der Waals surface area contributed by atoms with Crippen LogP contribution in [0.4, 0.5) is 0 Å². The lowest BCUT2D eigenvalue weighted by molar-refractivity contribution is 0.282. The van der Waals surface area contributed by atoms with Gasteiger partial charge in [-0.25, -0.2) is 0 Å². The van der Waals surface area contributed by atoms with Crippen LogP contribution in [0.1, 0.15) is 29.9 Å². The van der Waals surface area contributed by atoms with Crippen molar-refractivity contribution < 1.29 is 9.63 Å². The number of hydrogen-bond acceptors (Lipinski definition) is 6. The third-order valence-corrected chi connectivity index (χ3v) is 5.52. The van der Waals surface area contributed by atoms with Crippen LogP contribution >= 0.6 is 11.3 Å². The van der Waals surface area contributed by atoms with Crippen molar-refractivity contribution in [2.45, 2.75) is 33.9 Å². The average Bonchev–Trinajstić information content (AvgIpc) is 3.27. The minimum atomic E-state index is 0.0293. The van der Waals surface area contributed by atoms with E-state index in [0.717, 1.165) is 35.6 Å². The van der Waals surface area contributed by atoms with Crippen molar-refractivity contribution in [3.05, 3.63) is 46.3 Å². The van der Waals surface area contributed by atoms with E-state index < -0.39 is 0 Å². The van der Waals surface area contributed by atoms with Crippen LogP contribution in [0.25, 0.3) is 22.2 Å². The van der Waals surface area contributed by atoms with Crippen LogP contribution in [0, 0.1) is 6.92 Å². The molecule has 0 spiro atoms. The molecule has 0 aliphatic heterocycles. The number of benzene rings is 1. The Kier molecular flexibility index (Phi) is 5.63. The monoisotopic (exact) mass is 357 g/mol. The zero-order valence-electron chi connectivity index (χ0n) is 14.8. The van der Waals surface area contributed by atoms with Crippen molar-refractivity contribution in [1.29, 1.82) is 0 Å². The molecule has 6 heteroatoms. The average molecular weight is 357 g/mol. The van der Waals surface area contributed by atoms with E-state index in [1.165, 1.54) is 10.4 Å². The summed E-state index contributed by atoms with van der Waals surface area (Å²) in [7, 11) is 0. The van der Waals surface area contributed by atoms with E-state index in [1.807, 2.05) is 24.3 Å². The number of nitrogens with zero attached hydrogens (tertiary/aromatic N) is 3. The fourth-order valence-electron chi connectivity index (χ4n) is 2.63. The van der Waals surface area contributed by atoms with Crippen molar-refractivity contribution in [3.8, 4) is 22.2 Å². The fraction of sp³-hybridized carbons (Fsp3) is 0.368. The van der Waals surface area contributed by atoms with Gasteiger partial charge in [0.2, 0.25) is 5.82 Å². The minimum absolute atomic E-state index is 0.0293. The lowest BCUT2D eigenvalue weighted by Crippen LogP contribution is -2.21. The van der Waals surface area contributed by atoms with E-state index >= 15 is 0 Å². The van der Waals surface area contributed by atoms with Crippen molar-refractivity contribution in [2.75, 3.05) is 13.1 Å². The molecule has 1 aromatic carbocycles. The summed E-state index contributed by atoms with van der Waals surface area (Å²) in [6.07, 6.45) is 0. The Bertz CT molecular complexity index is 820. The molecule has 2 aromatic heterocycles. The van der Waals surface area contributed by atoms with Gasteiger partial charge in [-0.1, -0.05) is 43.3 Å². The quantitative estimate of drug-likeness (QED) is 0.689. The SMILES string of the molecule is CCN(CC)Cc1sc(-c2nc(-c3ccc(CO)cc3)no2)cc1C. The van der Waals surface area contributed by atoms with Crippen molar-refractivity contribution in [1.82, 2.24) is 15.0 Å². The van der Waals surface area contributed by atoms with E-state index in [-0.39, 0.29) is 6.61 Å². The third kappa shape index (κ3) is 3.98. The second kappa shape index (κ2) is 7.91. The minimum Gasteiger partial charge on any atom is -0.392 e. The Morgan fingerprint density at radius 3 is 2.52 bits per heavy atom. The van der Waals surface area contributed by atoms with Crippen molar-refractivity contribution >= 4 is 11.3 Å². The van der Waals surface area contributed by atoms with Gasteiger partial charge in [-0.3, -0.25) is 4.90 Å². The van der Waals surface area contributed by atoms with Crippen LogP contribution in [0.3, 0.4) is 0 Å². The Labute approximate surface area is 151 Å². The maximum Gasteiger partial charge on any atom is 0.268 e. The van der Waals surface area contributed by atoms with Crippen LogP contribution in [0.15, 0.2) is 34.9 Å². The van der Waals surface area contributed by atoms with Crippen LogP contribution in [-0.4, -0.2) is 33.2 Å². The second-order valence-corrected chi connectivity index (χ2v) is 7.09. The zero-order chi connectivity index (χ0) is 17.8. The molecule has 0 fully saturated rings. The van der Waals surface area contributed by atoms with Crippen LogP contribution in [-0.2, 0) is 13.2 Å². The molecule has 2 heterocycles. The highest BCUT2D eigenvalue weighted by Crippen LogP contribution is 2.32. The Morgan fingerprint density at radius 2 is 1.88 bits per heavy atom. The molecule has 0 aliphatic carbocycles. The summed E-state index contributed by atoms with van der Waals surface area (Å²) >= 11 is 1.72. The summed E-state index contributed by atoms with van der Waals surface area (Å²) in [5.74, 6) is 1.12. The molecule has 0 unspecified atom stereocenters. The van der Waals surface area contributed by atoms with E-state index in [0.29, 0.717) is 11.7 Å². The molecular weight excluding hydrogens is 334 g/mol. The molecular formula is C19H23N3O2S. The summed E-state index contributed by atoms with van der Waals surface area (Å²) in [4.78, 5) is 9.27. The number of thiophene rings is 1. The third-order valence-electron chi connectivity index (χ3n) is 4.31. The summed E-state index contributed by atoms with van der Waals surface area (Å²) in [5.41, 5.74) is 3.00. The lowest BCUT2D eigenvalue weighted by Gasteiger charge is -2.17. The molecule has 0 amide bonds. The van der Waals surface area contributed by atoms with Gasteiger partial charge in [0.05, 0.1) is 11.5 Å². The van der Waals surface area contributed by atoms with Gasteiger partial charge >= 0.3 is 0 Å². The van der Waals surface area contributed by atoms with Gasteiger partial charge in [-0.2, -0.15) is 4.98 Å². The first-order valence-corrected chi connectivity index (χ1v) is 9.32. The predicted octanol–water partition coefficient (Wildman–Crippen LogP) is 4.11. The van der Waals surface area contributed by atoms with Gasteiger partial charge in [0.15, 0.2) is 0 Å². The molecule has 0 atom stereocenters. The highest BCUT2D eigenvalue weighted by atomic mass is 32.1. The van der Waals surface area contributed by atoms with Gasteiger partial charge < -0.3 is 9.63 Å². The smallest absolute Gasteiger partial charge is 0.268 e. The number of aliphatic hydroxyl groups excluding tert-OH is 1. The maximum atomic E-state index is 9.13. The Morgan fingerprint density at radius 1 is 1.16 bits per heavy atom. The Balaban J connectivity index is 1.82. The first-order chi connectivity index (χ1) is 12.1. The number of aryl methyl sites for hydroxylation is 1. The lowest BCUT2D eigenvalue weighted by atomic mass is 10.1. The fourth-order valence-corrected chi connectivity index (χ4v) is 3.77. The highest BCUT2D eigenvalue weighted by molar-refractivity contribution is 7.15. The van der Waals surface area contributed by atoms with Gasteiger partial charge in [0, 0.05) is 17.0 Å². The maximum absolute atomic E-state index is 9.13. The first-order valence-electron chi connectivity index (χ1n) is 8.50. The topological polar surface area (TPSA) is 62.4 Å². The molecule has 132 valence electrons. The molecule has 5 nitrogen and oxygen atoms in total. The standard InChI is InChI=1S/C19H23N3O2S/c1-4-22(5-2)11-17-13(3)10-16(25-17)19-20-18(21-24-19)15-8-6-14(12-23)7-9-15/h6-10,23H,4-5,11-12H2,1-3H3. The Hall–Kier alpha value is -2.02. The molecule has 0 radical (unpaired) electrons. The normalized spacial score (nSPS) is 11.4. The number of rotatable bonds is 7. The molecule has 0 saturated carbocycles. The number of aliphatic hydroxyl groups is 1. The number of aromatic nitrogens is 2. The molecule has 0 saturated heterocycles. The molecule has 0 aliphatic rings. The van der Waals surface area contributed by atoms with Crippen LogP contribution < -0.4 is 0 Å². The summed E-state index contributed by atoms with van der Waals surface area (Å²) in [6.45, 7) is 9.55. The second-order valence-electron chi connectivity index (χ2n) is 5.96. The van der Waals surface area contributed by atoms with E-state index in [9.17, 15) is 0 Å². The molecule has 3 rings (SSSR count). The van der Waals surface area contributed by atoms with E-state index in [1.54, 1.807) is 11.3 Å². The van der Waals surface area contributed by atoms with Gasteiger partial charge in [-0.15, -0.1) is 11.3 Å². The zero-order valence-corrected chi connectivity index (χ0v) is 15.6. The summed E-state index contributed by atoms with van der Waals surface area (Å²) in [6, 6.07) is 9.64. The van der Waals surface area contributed by atoms with Crippen molar-refractivity contribution in [3.63, 3.8) is 0 Å². The number of hydrogen-bond donors (Lipinski definition) is 1. The molecule has 25 heavy (non-hydrogen) atoms. The van der Waals surface area contributed by atoms with E-state index in [2.05, 4.69) is 41.9 Å². The molecule has 3 aromatic rings. The van der Waals surface area contributed by atoms with Crippen LogP contribution in [0.5, 0.6) is 0 Å². The molecule has 1 N–H and O–H groups in total. The van der Waals surface area contributed by atoms with Gasteiger partial charge in [-0.05, 0) is 37.2 Å². The largest absolute Gasteiger partial charge is 0.392 e. The summed E-state index contributed by atoms with van der Waals surface area (Å²) < 4.78 is 5.47. The van der Waals surface area contributed by atoms with Gasteiger partial charge in [0.1, 0.15) is 0 Å².